The fraction of sp³-hybridized carbons (Fsp3) is 0. The molecule has 2 rings (SSSR count). The van der Waals surface area contributed by atoms with Crippen molar-refractivity contribution in [1.29, 1.82) is 0 Å². The van der Waals surface area contributed by atoms with Gasteiger partial charge >= 0.3 is 0 Å². The van der Waals surface area contributed by atoms with Crippen LogP contribution in [-0.2, 0) is 0 Å². The number of amidine groups is 1. The molecule has 1 heterocycles. The Morgan fingerprint density at radius 3 is 2.47 bits per heavy atom. The van der Waals surface area contributed by atoms with Crippen molar-refractivity contribution in [2.24, 2.45) is 10.9 Å². The highest BCUT2D eigenvalue weighted by Gasteiger charge is 2.01. The predicted octanol–water partition coefficient (Wildman–Crippen LogP) is 2.33. The highest BCUT2D eigenvalue weighted by Crippen LogP contribution is 2.26. The molecule has 86 valence electrons. The quantitative estimate of drug-likeness (QED) is 0.377. The summed E-state index contributed by atoms with van der Waals surface area (Å²) in [5.74, 6) is 0.0151. The maximum Gasteiger partial charge on any atom is 0.188 e. The van der Waals surface area contributed by atoms with Crippen LogP contribution in [-0.4, -0.2) is 16.0 Å². The van der Waals surface area contributed by atoms with Crippen molar-refractivity contribution < 1.29 is 5.21 Å². The van der Waals surface area contributed by atoms with Gasteiger partial charge in [0, 0.05) is 16.0 Å². The Hall–Kier alpha value is -2.01. The molecule has 3 N–H and O–H groups in total. The van der Waals surface area contributed by atoms with Crippen molar-refractivity contribution in [2.45, 2.75) is 9.79 Å². The number of pyridine rings is 1. The molecule has 0 aliphatic heterocycles. The van der Waals surface area contributed by atoms with Crippen molar-refractivity contribution in [3.05, 3.63) is 54.4 Å². The zero-order chi connectivity index (χ0) is 12.1. The Labute approximate surface area is 103 Å². The first-order chi connectivity index (χ1) is 8.29. The molecule has 0 unspecified atom stereocenters. The minimum atomic E-state index is 0.0151. The van der Waals surface area contributed by atoms with Crippen LogP contribution in [0.2, 0.25) is 0 Å². The zero-order valence-corrected chi connectivity index (χ0v) is 9.76. The number of aromatic nitrogens is 1. The number of nitrogens with two attached hydrogens (primary N) is 1. The molecule has 0 atom stereocenters. The minimum Gasteiger partial charge on any atom is -0.409 e. The van der Waals surface area contributed by atoms with Crippen LogP contribution in [0.4, 0.5) is 0 Å². The van der Waals surface area contributed by atoms with Gasteiger partial charge in [-0.3, -0.25) is 4.98 Å². The first kappa shape index (κ1) is 11.5. The summed E-state index contributed by atoms with van der Waals surface area (Å²) < 4.78 is 0. The van der Waals surface area contributed by atoms with Crippen molar-refractivity contribution in [2.75, 3.05) is 0 Å². The third-order valence-corrected chi connectivity index (χ3v) is 3.07. The van der Waals surface area contributed by atoms with E-state index in [0.717, 1.165) is 9.79 Å². The summed E-state index contributed by atoms with van der Waals surface area (Å²) in [7, 11) is 0. The van der Waals surface area contributed by atoms with Crippen LogP contribution in [0.1, 0.15) is 5.69 Å². The number of nitrogens with zero attached hydrogens (tertiary/aromatic N) is 2. The van der Waals surface area contributed by atoms with E-state index in [2.05, 4.69) is 10.1 Å². The molecule has 0 bridgehead atoms. The second kappa shape index (κ2) is 5.36. The Morgan fingerprint density at radius 2 is 1.88 bits per heavy atom. The van der Waals surface area contributed by atoms with Crippen molar-refractivity contribution >= 4 is 17.6 Å². The summed E-state index contributed by atoms with van der Waals surface area (Å²) >= 11 is 1.61. The molecule has 1 aromatic carbocycles. The molecular weight excluding hydrogens is 234 g/mol. The molecule has 0 saturated heterocycles. The maximum atomic E-state index is 8.51. The average molecular weight is 245 g/mol. The molecule has 1 aromatic heterocycles. The van der Waals surface area contributed by atoms with Crippen LogP contribution < -0.4 is 5.73 Å². The monoisotopic (exact) mass is 245 g/mol. The van der Waals surface area contributed by atoms with Crippen molar-refractivity contribution in [3.63, 3.8) is 0 Å². The van der Waals surface area contributed by atoms with Gasteiger partial charge in [-0.25, -0.2) is 0 Å². The van der Waals surface area contributed by atoms with Gasteiger partial charge in [-0.15, -0.1) is 0 Å². The van der Waals surface area contributed by atoms with Gasteiger partial charge in [0.25, 0.3) is 0 Å². The SMILES string of the molecule is N/C(=N/O)c1ccc(Sc2ccccc2)cn1. The smallest absolute Gasteiger partial charge is 0.188 e. The second-order valence-corrected chi connectivity index (χ2v) is 4.43. The fourth-order valence-corrected chi connectivity index (χ4v) is 2.07. The summed E-state index contributed by atoms with van der Waals surface area (Å²) in [6.07, 6.45) is 1.70. The maximum absolute atomic E-state index is 8.51. The van der Waals surface area contributed by atoms with Gasteiger partial charge in [-0.1, -0.05) is 35.1 Å². The van der Waals surface area contributed by atoms with Crippen LogP contribution in [0, 0.1) is 0 Å². The summed E-state index contributed by atoms with van der Waals surface area (Å²) in [6, 6.07) is 13.6. The van der Waals surface area contributed by atoms with E-state index in [9.17, 15) is 0 Å². The summed E-state index contributed by atoms with van der Waals surface area (Å²) in [4.78, 5) is 6.26. The molecule has 0 amide bonds. The highest BCUT2D eigenvalue weighted by atomic mass is 32.2. The summed E-state index contributed by atoms with van der Waals surface area (Å²) in [5, 5.41) is 11.4. The summed E-state index contributed by atoms with van der Waals surface area (Å²) in [6.45, 7) is 0. The molecule has 5 heteroatoms. The zero-order valence-electron chi connectivity index (χ0n) is 8.95. The minimum absolute atomic E-state index is 0.0151. The van der Waals surface area contributed by atoms with Gasteiger partial charge in [0.1, 0.15) is 5.69 Å². The Kier molecular flexibility index (Phi) is 3.62. The molecule has 0 radical (unpaired) electrons. The van der Waals surface area contributed by atoms with Crippen molar-refractivity contribution in [1.82, 2.24) is 4.98 Å². The van der Waals surface area contributed by atoms with E-state index >= 15 is 0 Å². The molecule has 0 aliphatic rings. The summed E-state index contributed by atoms with van der Waals surface area (Å²) in [5.41, 5.74) is 5.89. The van der Waals surface area contributed by atoms with Gasteiger partial charge < -0.3 is 10.9 Å². The molecule has 2 aromatic rings. The van der Waals surface area contributed by atoms with Gasteiger partial charge in [0.05, 0.1) is 0 Å². The lowest BCUT2D eigenvalue weighted by molar-refractivity contribution is 0.318. The first-order valence-corrected chi connectivity index (χ1v) is 5.78. The molecule has 0 fully saturated rings. The number of benzene rings is 1. The van der Waals surface area contributed by atoms with E-state index in [-0.39, 0.29) is 5.84 Å². The van der Waals surface area contributed by atoms with Gasteiger partial charge in [0.15, 0.2) is 5.84 Å². The van der Waals surface area contributed by atoms with Gasteiger partial charge in [-0.2, -0.15) is 0 Å². The third kappa shape index (κ3) is 2.98. The van der Waals surface area contributed by atoms with Gasteiger partial charge in [-0.05, 0) is 24.3 Å². The molecular formula is C12H11N3OS. The molecule has 0 aliphatic carbocycles. The fourth-order valence-electron chi connectivity index (χ4n) is 1.27. The number of oxime groups is 1. The van der Waals surface area contributed by atoms with E-state index in [0.29, 0.717) is 5.69 Å². The number of rotatable bonds is 3. The first-order valence-electron chi connectivity index (χ1n) is 4.96. The Balaban J connectivity index is 2.14. The normalized spacial score (nSPS) is 11.4. The Bertz CT molecular complexity index is 511. The van der Waals surface area contributed by atoms with E-state index in [1.807, 2.05) is 36.4 Å². The predicted molar refractivity (Wildman–Crippen MR) is 67.3 cm³/mol. The van der Waals surface area contributed by atoms with Gasteiger partial charge in [0.2, 0.25) is 0 Å². The highest BCUT2D eigenvalue weighted by molar-refractivity contribution is 7.99. The van der Waals surface area contributed by atoms with Crippen LogP contribution in [0.25, 0.3) is 0 Å². The molecule has 0 spiro atoms. The standard InChI is InChI=1S/C12H11N3OS/c13-12(15-16)11-7-6-10(8-14-11)17-9-4-2-1-3-5-9/h1-8,16H,(H2,13,15). The molecule has 17 heavy (non-hydrogen) atoms. The topological polar surface area (TPSA) is 71.5 Å². The second-order valence-electron chi connectivity index (χ2n) is 3.28. The largest absolute Gasteiger partial charge is 0.409 e. The average Bonchev–Trinajstić information content (AvgIpc) is 2.40. The van der Waals surface area contributed by atoms with Crippen LogP contribution >= 0.6 is 11.8 Å². The Morgan fingerprint density at radius 1 is 1.12 bits per heavy atom. The van der Waals surface area contributed by atoms with E-state index < -0.39 is 0 Å². The van der Waals surface area contributed by atoms with E-state index in [1.165, 1.54) is 0 Å². The molecule has 4 nitrogen and oxygen atoms in total. The van der Waals surface area contributed by atoms with E-state index in [4.69, 9.17) is 10.9 Å². The number of hydrogen-bond acceptors (Lipinski definition) is 4. The lowest BCUT2D eigenvalue weighted by Crippen LogP contribution is -2.14. The number of hydrogen-bond donors (Lipinski definition) is 2. The van der Waals surface area contributed by atoms with Crippen LogP contribution in [0.15, 0.2) is 63.6 Å². The van der Waals surface area contributed by atoms with Crippen LogP contribution in [0.5, 0.6) is 0 Å². The van der Waals surface area contributed by atoms with Crippen molar-refractivity contribution in [3.8, 4) is 0 Å². The van der Waals surface area contributed by atoms with Crippen LogP contribution in [0.3, 0.4) is 0 Å². The van der Waals surface area contributed by atoms with E-state index in [1.54, 1.807) is 24.0 Å². The lowest BCUT2D eigenvalue weighted by Gasteiger charge is -2.02. The third-order valence-electron chi connectivity index (χ3n) is 2.09. The molecule has 0 saturated carbocycles. The lowest BCUT2D eigenvalue weighted by atomic mass is 10.3.